The summed E-state index contributed by atoms with van der Waals surface area (Å²) in [5.74, 6) is 1.55. The first-order valence-corrected chi connectivity index (χ1v) is 7.18. The van der Waals surface area contributed by atoms with Crippen LogP contribution in [0.25, 0.3) is 0 Å². The van der Waals surface area contributed by atoms with Gasteiger partial charge in [0.1, 0.15) is 0 Å². The van der Waals surface area contributed by atoms with Gasteiger partial charge in [0.25, 0.3) is 0 Å². The molecule has 0 amide bonds. The molecule has 92 valence electrons. The lowest BCUT2D eigenvalue weighted by atomic mass is 9.87. The van der Waals surface area contributed by atoms with Crippen molar-refractivity contribution in [2.75, 3.05) is 0 Å². The molecule has 1 saturated carbocycles. The van der Waals surface area contributed by atoms with Crippen molar-refractivity contribution in [1.82, 2.24) is 0 Å². The monoisotopic (exact) mass is 229 g/mol. The molecule has 1 aromatic carbocycles. The van der Waals surface area contributed by atoms with E-state index in [1.54, 1.807) is 5.56 Å². The van der Waals surface area contributed by atoms with E-state index < -0.39 is 0 Å². The van der Waals surface area contributed by atoms with Gasteiger partial charge in [-0.1, -0.05) is 49.9 Å². The zero-order chi connectivity index (χ0) is 11.7. The van der Waals surface area contributed by atoms with Crippen LogP contribution in [0, 0.1) is 5.92 Å². The molecule has 1 nitrogen and oxygen atoms in total. The molecule has 1 heteroatoms. The van der Waals surface area contributed by atoms with E-state index in [2.05, 4.69) is 24.3 Å². The highest BCUT2D eigenvalue weighted by Gasteiger charge is 2.29. The van der Waals surface area contributed by atoms with Gasteiger partial charge in [-0.05, 0) is 42.2 Å². The maximum atomic E-state index is 6.47. The van der Waals surface area contributed by atoms with E-state index in [4.69, 9.17) is 5.73 Å². The van der Waals surface area contributed by atoms with Crippen LogP contribution in [-0.2, 0) is 6.42 Å². The third kappa shape index (κ3) is 2.26. The van der Waals surface area contributed by atoms with Gasteiger partial charge in [-0.2, -0.15) is 0 Å². The average molecular weight is 229 g/mol. The Labute approximate surface area is 104 Å². The highest BCUT2D eigenvalue weighted by Crippen LogP contribution is 2.38. The number of benzene rings is 1. The van der Waals surface area contributed by atoms with Crippen molar-refractivity contribution in [3.63, 3.8) is 0 Å². The second-order valence-corrected chi connectivity index (χ2v) is 5.89. The Morgan fingerprint density at radius 2 is 1.88 bits per heavy atom. The summed E-state index contributed by atoms with van der Waals surface area (Å²) in [4.78, 5) is 0. The van der Waals surface area contributed by atoms with Gasteiger partial charge in [0, 0.05) is 6.04 Å². The van der Waals surface area contributed by atoms with Gasteiger partial charge in [-0.15, -0.1) is 0 Å². The van der Waals surface area contributed by atoms with Crippen molar-refractivity contribution in [3.8, 4) is 0 Å². The highest BCUT2D eigenvalue weighted by atomic mass is 14.7. The van der Waals surface area contributed by atoms with Crippen LogP contribution in [0.4, 0.5) is 0 Å². The summed E-state index contributed by atoms with van der Waals surface area (Å²) >= 11 is 0. The fourth-order valence-corrected chi connectivity index (χ4v) is 3.83. The average Bonchev–Trinajstić information content (AvgIpc) is 2.96. The number of aryl methyl sites for hydroxylation is 1. The van der Waals surface area contributed by atoms with Crippen LogP contribution < -0.4 is 5.73 Å². The van der Waals surface area contributed by atoms with Gasteiger partial charge in [-0.25, -0.2) is 0 Å². The number of hydrogen-bond acceptors (Lipinski definition) is 1. The summed E-state index contributed by atoms with van der Waals surface area (Å²) in [6, 6.07) is 9.28. The Kier molecular flexibility index (Phi) is 3.19. The molecule has 17 heavy (non-hydrogen) atoms. The smallest absolute Gasteiger partial charge is 0.0111 e. The summed E-state index contributed by atoms with van der Waals surface area (Å²) in [7, 11) is 0. The Balaban J connectivity index is 1.68. The topological polar surface area (TPSA) is 26.0 Å². The summed E-state index contributed by atoms with van der Waals surface area (Å²) < 4.78 is 0. The van der Waals surface area contributed by atoms with E-state index in [-0.39, 0.29) is 0 Å². The molecular weight excluding hydrogens is 206 g/mol. The molecule has 0 saturated heterocycles. The van der Waals surface area contributed by atoms with Crippen molar-refractivity contribution < 1.29 is 0 Å². The summed E-state index contributed by atoms with van der Waals surface area (Å²) in [6.07, 6.45) is 9.45. The molecular formula is C16H23N. The molecule has 2 atom stereocenters. The summed E-state index contributed by atoms with van der Waals surface area (Å²) in [5, 5.41) is 0. The maximum Gasteiger partial charge on any atom is 0.0111 e. The fraction of sp³-hybridized carbons (Fsp3) is 0.625. The first-order valence-electron chi connectivity index (χ1n) is 7.18. The predicted octanol–water partition coefficient (Wildman–Crippen LogP) is 3.62. The van der Waals surface area contributed by atoms with Crippen molar-refractivity contribution in [3.05, 3.63) is 35.4 Å². The molecule has 1 fully saturated rings. The molecule has 3 rings (SSSR count). The van der Waals surface area contributed by atoms with E-state index in [1.165, 1.54) is 50.5 Å². The minimum atomic E-state index is 0.391. The van der Waals surface area contributed by atoms with Crippen LogP contribution in [0.15, 0.2) is 24.3 Å². The van der Waals surface area contributed by atoms with Gasteiger partial charge in [-0.3, -0.25) is 0 Å². The lowest BCUT2D eigenvalue weighted by Gasteiger charge is -2.23. The lowest BCUT2D eigenvalue weighted by molar-refractivity contribution is 0.397. The van der Waals surface area contributed by atoms with Gasteiger partial charge in [0.2, 0.25) is 0 Å². The van der Waals surface area contributed by atoms with E-state index >= 15 is 0 Å². The van der Waals surface area contributed by atoms with Gasteiger partial charge in [0.05, 0.1) is 0 Å². The lowest BCUT2D eigenvalue weighted by Crippen LogP contribution is -2.29. The Morgan fingerprint density at radius 3 is 2.71 bits per heavy atom. The van der Waals surface area contributed by atoms with E-state index in [1.807, 2.05) is 0 Å². The summed E-state index contributed by atoms with van der Waals surface area (Å²) in [6.45, 7) is 0. The van der Waals surface area contributed by atoms with Crippen molar-refractivity contribution in [2.24, 2.45) is 11.7 Å². The minimum Gasteiger partial charge on any atom is -0.327 e. The Morgan fingerprint density at radius 1 is 1.12 bits per heavy atom. The van der Waals surface area contributed by atoms with Crippen molar-refractivity contribution >= 4 is 0 Å². The minimum absolute atomic E-state index is 0.391. The van der Waals surface area contributed by atoms with Crippen LogP contribution >= 0.6 is 0 Å². The molecule has 2 aliphatic carbocycles. The predicted molar refractivity (Wildman–Crippen MR) is 72.1 cm³/mol. The quantitative estimate of drug-likeness (QED) is 0.841. The van der Waals surface area contributed by atoms with E-state index in [0.29, 0.717) is 12.0 Å². The van der Waals surface area contributed by atoms with Crippen LogP contribution in [0.2, 0.25) is 0 Å². The highest BCUT2D eigenvalue weighted by molar-refractivity contribution is 5.35. The van der Waals surface area contributed by atoms with Crippen molar-refractivity contribution in [1.29, 1.82) is 0 Å². The third-order valence-corrected chi connectivity index (χ3v) is 4.78. The molecule has 2 N–H and O–H groups in total. The zero-order valence-electron chi connectivity index (χ0n) is 10.6. The van der Waals surface area contributed by atoms with Gasteiger partial charge >= 0.3 is 0 Å². The molecule has 2 aliphatic rings. The largest absolute Gasteiger partial charge is 0.327 e. The third-order valence-electron chi connectivity index (χ3n) is 4.78. The molecule has 0 aromatic heterocycles. The van der Waals surface area contributed by atoms with Crippen LogP contribution in [0.3, 0.4) is 0 Å². The van der Waals surface area contributed by atoms with Crippen LogP contribution in [-0.4, -0.2) is 6.04 Å². The van der Waals surface area contributed by atoms with E-state index in [0.717, 1.165) is 5.92 Å². The zero-order valence-corrected chi connectivity index (χ0v) is 10.6. The molecule has 0 spiro atoms. The molecule has 0 aliphatic heterocycles. The van der Waals surface area contributed by atoms with Crippen LogP contribution in [0.5, 0.6) is 0 Å². The number of nitrogens with two attached hydrogens (primary N) is 1. The second-order valence-electron chi connectivity index (χ2n) is 5.89. The molecule has 0 radical (unpaired) electrons. The molecule has 0 heterocycles. The molecule has 2 unspecified atom stereocenters. The standard InChI is InChI=1S/C16H23N/c17-16(11-12-5-1-2-6-12)15-10-9-13-7-3-4-8-14(13)15/h3-4,7-8,12,15-16H,1-2,5-6,9-11,17H2. The van der Waals surface area contributed by atoms with Crippen LogP contribution in [0.1, 0.15) is 55.6 Å². The SMILES string of the molecule is NC(CC1CCCC1)C1CCc2ccccc21. The Bertz CT molecular complexity index is 379. The first-order chi connectivity index (χ1) is 8.34. The first kappa shape index (κ1) is 11.3. The van der Waals surface area contributed by atoms with Crippen molar-refractivity contribution in [2.45, 2.75) is 56.9 Å². The number of fused-ring (bicyclic) bond motifs is 1. The van der Waals surface area contributed by atoms with E-state index in [9.17, 15) is 0 Å². The summed E-state index contributed by atoms with van der Waals surface area (Å²) in [5.41, 5.74) is 9.55. The molecule has 0 bridgehead atoms. The number of rotatable bonds is 3. The normalized spacial score (nSPS) is 26.1. The molecule has 1 aromatic rings. The van der Waals surface area contributed by atoms with Gasteiger partial charge in [0.15, 0.2) is 0 Å². The maximum absolute atomic E-state index is 6.47. The number of hydrogen-bond donors (Lipinski definition) is 1. The second kappa shape index (κ2) is 4.81. The Hall–Kier alpha value is -0.820. The fourth-order valence-electron chi connectivity index (χ4n) is 3.83. The van der Waals surface area contributed by atoms with Gasteiger partial charge < -0.3 is 5.73 Å².